The smallest absolute Gasteiger partial charge is 0.243 e. The van der Waals surface area contributed by atoms with Gasteiger partial charge in [0.25, 0.3) is 0 Å². The number of amides is 2. The molecule has 0 bridgehead atoms. The highest BCUT2D eigenvalue weighted by Crippen LogP contribution is 2.25. The van der Waals surface area contributed by atoms with Crippen LogP contribution in [0.3, 0.4) is 0 Å². The van der Waals surface area contributed by atoms with E-state index in [1.54, 1.807) is 54.6 Å². The SMILES string of the molecule is COc1ccc(N(C(=O)CNS(=O)(=O)c2ccccc2)[C@@H](C(=O)NCc2ccco2)C(C)C)cc1. The first-order chi connectivity index (χ1) is 16.7. The zero-order valence-electron chi connectivity index (χ0n) is 19.8. The van der Waals surface area contributed by atoms with Crippen LogP contribution >= 0.6 is 0 Å². The van der Waals surface area contributed by atoms with Gasteiger partial charge in [0.15, 0.2) is 0 Å². The number of anilines is 1. The third-order valence-electron chi connectivity index (χ3n) is 5.28. The largest absolute Gasteiger partial charge is 0.497 e. The monoisotopic (exact) mass is 499 g/mol. The molecule has 0 radical (unpaired) electrons. The fraction of sp³-hybridized carbons (Fsp3) is 0.280. The van der Waals surface area contributed by atoms with E-state index >= 15 is 0 Å². The first-order valence-corrected chi connectivity index (χ1v) is 12.5. The number of hydrogen-bond acceptors (Lipinski definition) is 6. The van der Waals surface area contributed by atoms with Crippen LogP contribution in [-0.2, 0) is 26.2 Å². The number of carbonyl (C=O) groups excluding carboxylic acids is 2. The lowest BCUT2D eigenvalue weighted by Gasteiger charge is -2.33. The number of ether oxygens (including phenoxy) is 1. The van der Waals surface area contributed by atoms with Crippen molar-refractivity contribution >= 4 is 27.5 Å². The van der Waals surface area contributed by atoms with Crippen molar-refractivity contribution < 1.29 is 27.2 Å². The van der Waals surface area contributed by atoms with Crippen LogP contribution in [-0.4, -0.2) is 39.9 Å². The van der Waals surface area contributed by atoms with Gasteiger partial charge in [-0.15, -0.1) is 0 Å². The van der Waals surface area contributed by atoms with Gasteiger partial charge in [-0.05, 0) is 54.4 Å². The van der Waals surface area contributed by atoms with E-state index in [9.17, 15) is 18.0 Å². The maximum absolute atomic E-state index is 13.4. The van der Waals surface area contributed by atoms with Gasteiger partial charge in [0.2, 0.25) is 21.8 Å². The van der Waals surface area contributed by atoms with Gasteiger partial charge in [-0.2, -0.15) is 0 Å². The molecule has 0 fully saturated rings. The Hall–Kier alpha value is -3.63. The molecule has 10 heteroatoms. The average molecular weight is 500 g/mol. The molecule has 1 heterocycles. The fourth-order valence-corrected chi connectivity index (χ4v) is 4.53. The first-order valence-electron chi connectivity index (χ1n) is 11.0. The van der Waals surface area contributed by atoms with Crippen LogP contribution < -0.4 is 19.7 Å². The molecule has 3 aromatic rings. The molecule has 1 atom stereocenters. The van der Waals surface area contributed by atoms with E-state index in [1.807, 2.05) is 13.8 Å². The number of rotatable bonds is 11. The Balaban J connectivity index is 1.87. The topological polar surface area (TPSA) is 118 Å². The average Bonchev–Trinajstić information content (AvgIpc) is 3.38. The van der Waals surface area contributed by atoms with Crippen LogP contribution in [0, 0.1) is 5.92 Å². The summed E-state index contributed by atoms with van der Waals surface area (Å²) in [6.07, 6.45) is 1.51. The number of benzene rings is 2. The van der Waals surface area contributed by atoms with Crippen molar-refractivity contribution in [3.63, 3.8) is 0 Å². The zero-order chi connectivity index (χ0) is 25.4. The minimum Gasteiger partial charge on any atom is -0.497 e. The molecule has 9 nitrogen and oxygen atoms in total. The highest BCUT2D eigenvalue weighted by molar-refractivity contribution is 7.89. The van der Waals surface area contributed by atoms with Crippen LogP contribution in [0.5, 0.6) is 5.75 Å². The van der Waals surface area contributed by atoms with Crippen LogP contribution in [0.15, 0.2) is 82.3 Å². The summed E-state index contributed by atoms with van der Waals surface area (Å²) in [5.41, 5.74) is 0.432. The number of methoxy groups -OCH3 is 1. The highest BCUT2D eigenvalue weighted by Gasteiger charge is 2.34. The van der Waals surface area contributed by atoms with Crippen LogP contribution in [0.4, 0.5) is 5.69 Å². The summed E-state index contributed by atoms with van der Waals surface area (Å²) in [6, 6.07) is 16.9. The second kappa shape index (κ2) is 11.7. The van der Waals surface area contributed by atoms with E-state index in [4.69, 9.17) is 9.15 Å². The fourth-order valence-electron chi connectivity index (χ4n) is 3.54. The van der Waals surface area contributed by atoms with Gasteiger partial charge in [0, 0.05) is 5.69 Å². The molecular formula is C25H29N3O6S. The summed E-state index contributed by atoms with van der Waals surface area (Å²) >= 11 is 0. The van der Waals surface area contributed by atoms with Gasteiger partial charge >= 0.3 is 0 Å². The number of hydrogen-bond donors (Lipinski definition) is 2. The third kappa shape index (κ3) is 6.71. The van der Waals surface area contributed by atoms with Crippen LogP contribution in [0.1, 0.15) is 19.6 Å². The number of nitrogens with one attached hydrogen (secondary N) is 2. The highest BCUT2D eigenvalue weighted by atomic mass is 32.2. The van der Waals surface area contributed by atoms with Crippen molar-refractivity contribution in [1.82, 2.24) is 10.0 Å². The van der Waals surface area contributed by atoms with Gasteiger partial charge in [0.05, 0.1) is 31.4 Å². The van der Waals surface area contributed by atoms with Gasteiger partial charge in [-0.25, -0.2) is 13.1 Å². The van der Waals surface area contributed by atoms with Crippen molar-refractivity contribution in [2.24, 2.45) is 5.92 Å². The number of furan rings is 1. The molecule has 3 rings (SSSR count). The molecule has 0 saturated heterocycles. The van der Waals surface area contributed by atoms with Crippen LogP contribution in [0.2, 0.25) is 0 Å². The summed E-state index contributed by atoms with van der Waals surface area (Å²) in [6.45, 7) is 3.25. The van der Waals surface area contributed by atoms with Crippen molar-refractivity contribution in [3.05, 3.63) is 78.8 Å². The summed E-state index contributed by atoms with van der Waals surface area (Å²) in [5, 5.41) is 2.80. The molecule has 35 heavy (non-hydrogen) atoms. The second-order valence-electron chi connectivity index (χ2n) is 8.09. The Morgan fingerprint density at radius 3 is 2.26 bits per heavy atom. The maximum Gasteiger partial charge on any atom is 0.243 e. The van der Waals surface area contributed by atoms with Crippen molar-refractivity contribution in [2.75, 3.05) is 18.6 Å². The van der Waals surface area contributed by atoms with E-state index in [0.717, 1.165) is 0 Å². The third-order valence-corrected chi connectivity index (χ3v) is 6.70. The molecule has 2 aromatic carbocycles. The molecule has 1 aromatic heterocycles. The maximum atomic E-state index is 13.4. The Morgan fingerprint density at radius 1 is 1.00 bits per heavy atom. The van der Waals surface area contributed by atoms with E-state index in [2.05, 4.69) is 10.0 Å². The molecule has 0 aliphatic heterocycles. The minimum atomic E-state index is -3.92. The summed E-state index contributed by atoms with van der Waals surface area (Å²) in [5.74, 6) is -0.121. The molecule has 186 valence electrons. The van der Waals surface area contributed by atoms with E-state index in [0.29, 0.717) is 17.2 Å². The zero-order valence-corrected chi connectivity index (χ0v) is 20.6. The molecule has 0 saturated carbocycles. The molecule has 0 unspecified atom stereocenters. The lowest BCUT2D eigenvalue weighted by atomic mass is 10.00. The van der Waals surface area contributed by atoms with Crippen molar-refractivity contribution in [1.29, 1.82) is 0 Å². The molecule has 0 aliphatic carbocycles. The summed E-state index contributed by atoms with van der Waals surface area (Å²) in [4.78, 5) is 28.0. The Kier molecular flexibility index (Phi) is 8.67. The molecule has 2 N–H and O–H groups in total. The van der Waals surface area contributed by atoms with Crippen LogP contribution in [0.25, 0.3) is 0 Å². The predicted octanol–water partition coefficient (Wildman–Crippen LogP) is 2.94. The number of sulfonamides is 1. The van der Waals surface area contributed by atoms with Gasteiger partial charge in [0.1, 0.15) is 17.6 Å². The Bertz CT molecular complexity index is 1210. The normalized spacial score (nSPS) is 12.2. The first kappa shape index (κ1) is 26.0. The predicted molar refractivity (Wildman–Crippen MR) is 131 cm³/mol. The van der Waals surface area contributed by atoms with Gasteiger partial charge in [-0.3, -0.25) is 14.5 Å². The summed E-state index contributed by atoms with van der Waals surface area (Å²) < 4.78 is 38.1. The second-order valence-corrected chi connectivity index (χ2v) is 9.85. The molecule has 0 spiro atoms. The standard InChI is InChI=1S/C25H29N3O6S/c1-18(2)24(25(30)26-16-21-8-7-15-34-21)28(19-11-13-20(33-3)14-12-19)23(29)17-27-35(31,32)22-9-5-4-6-10-22/h4-15,18,24,27H,16-17H2,1-3H3,(H,26,30)/t24-/m1/s1. The quantitative estimate of drug-likeness (QED) is 0.419. The van der Waals surface area contributed by atoms with E-state index in [1.165, 1.54) is 30.4 Å². The Labute approximate surface area is 205 Å². The number of carbonyl (C=O) groups is 2. The molecular weight excluding hydrogens is 470 g/mol. The molecule has 2 amide bonds. The van der Waals surface area contributed by atoms with Crippen molar-refractivity contribution in [2.45, 2.75) is 31.3 Å². The lowest BCUT2D eigenvalue weighted by Crippen LogP contribution is -2.54. The Morgan fingerprint density at radius 2 is 1.69 bits per heavy atom. The van der Waals surface area contributed by atoms with Crippen molar-refractivity contribution in [3.8, 4) is 5.75 Å². The minimum absolute atomic E-state index is 0.0420. The van der Waals surface area contributed by atoms with Gasteiger partial charge < -0.3 is 14.5 Å². The molecule has 0 aliphatic rings. The summed E-state index contributed by atoms with van der Waals surface area (Å²) in [7, 11) is -2.40. The number of nitrogens with zero attached hydrogens (tertiary/aromatic N) is 1. The van der Waals surface area contributed by atoms with E-state index < -0.39 is 34.4 Å². The van der Waals surface area contributed by atoms with Gasteiger partial charge in [-0.1, -0.05) is 32.0 Å². The lowest BCUT2D eigenvalue weighted by molar-refractivity contribution is -0.127. The van der Waals surface area contributed by atoms with E-state index in [-0.39, 0.29) is 17.4 Å².